The molecule has 1 aromatic rings. The molecule has 1 aliphatic rings. The van der Waals surface area contributed by atoms with Crippen molar-refractivity contribution in [3.05, 3.63) is 17.0 Å². The highest BCUT2D eigenvalue weighted by atomic mass is 32.1. The number of aryl methyl sites for hydroxylation is 2. The van der Waals surface area contributed by atoms with E-state index in [-0.39, 0.29) is 17.7 Å². The van der Waals surface area contributed by atoms with Crippen molar-refractivity contribution >= 4 is 24.4 Å². The minimum Gasteiger partial charge on any atom is -0.355 e. The number of nitrogens with one attached hydrogen (secondary N) is 1. The van der Waals surface area contributed by atoms with Gasteiger partial charge in [0.1, 0.15) is 0 Å². The number of carbonyl (C=O) groups excluding carboxylic acids is 2. The van der Waals surface area contributed by atoms with Crippen LogP contribution in [0, 0.1) is 19.8 Å². The first-order valence-electron chi connectivity index (χ1n) is 8.09. The van der Waals surface area contributed by atoms with Gasteiger partial charge in [0.05, 0.1) is 12.1 Å². The van der Waals surface area contributed by atoms with Crippen molar-refractivity contribution in [3.8, 4) is 0 Å². The first-order valence-corrected chi connectivity index (χ1v) is 8.72. The molecular weight excluding hydrogens is 312 g/mol. The molecule has 23 heavy (non-hydrogen) atoms. The zero-order chi connectivity index (χ0) is 17.0. The number of likely N-dealkylation sites (tertiary alicyclic amines) is 1. The molecule has 2 rings (SSSR count). The van der Waals surface area contributed by atoms with E-state index in [1.54, 1.807) is 0 Å². The summed E-state index contributed by atoms with van der Waals surface area (Å²) in [6, 6.07) is 0. The van der Waals surface area contributed by atoms with Crippen LogP contribution in [0.5, 0.6) is 0 Å². The summed E-state index contributed by atoms with van der Waals surface area (Å²) >= 11 is 4.09. The monoisotopic (exact) mass is 338 g/mol. The van der Waals surface area contributed by atoms with E-state index in [9.17, 15) is 9.59 Å². The molecule has 2 amide bonds. The molecule has 128 valence electrons. The number of carbonyl (C=O) groups is 2. The fourth-order valence-corrected chi connectivity index (χ4v) is 3.16. The first kappa shape index (κ1) is 17.8. The quantitative estimate of drug-likeness (QED) is 0.783. The summed E-state index contributed by atoms with van der Waals surface area (Å²) in [4.78, 5) is 26.3. The van der Waals surface area contributed by atoms with Crippen molar-refractivity contribution in [2.45, 2.75) is 33.1 Å². The number of aromatic nitrogens is 2. The van der Waals surface area contributed by atoms with Crippen molar-refractivity contribution in [3.63, 3.8) is 0 Å². The SMILES string of the molecule is Cc1nn(C)c(C)c1CC(=O)N1CCC(C(=O)NCCS)CC1. The van der Waals surface area contributed by atoms with Gasteiger partial charge in [0.15, 0.2) is 0 Å². The predicted octanol–water partition coefficient (Wildman–Crippen LogP) is 0.864. The number of thiol groups is 1. The van der Waals surface area contributed by atoms with Crippen LogP contribution in [0.15, 0.2) is 0 Å². The second-order valence-corrected chi connectivity index (χ2v) is 6.57. The van der Waals surface area contributed by atoms with Crippen molar-refractivity contribution in [1.82, 2.24) is 20.0 Å². The van der Waals surface area contributed by atoms with Gasteiger partial charge in [-0.15, -0.1) is 0 Å². The molecule has 1 aliphatic heterocycles. The maximum absolute atomic E-state index is 12.5. The third kappa shape index (κ3) is 4.28. The number of hydrogen-bond acceptors (Lipinski definition) is 4. The fraction of sp³-hybridized carbons (Fsp3) is 0.688. The van der Waals surface area contributed by atoms with E-state index in [1.165, 1.54) is 0 Å². The summed E-state index contributed by atoms with van der Waals surface area (Å²) in [6.07, 6.45) is 1.85. The Kier molecular flexibility index (Phi) is 6.10. The zero-order valence-electron chi connectivity index (χ0n) is 14.1. The summed E-state index contributed by atoms with van der Waals surface area (Å²) in [6.45, 7) is 5.82. The molecule has 0 unspecified atom stereocenters. The normalized spacial score (nSPS) is 15.7. The third-order valence-electron chi connectivity index (χ3n) is 4.62. The lowest BCUT2D eigenvalue weighted by molar-refractivity contribution is -0.135. The summed E-state index contributed by atoms with van der Waals surface area (Å²) in [5.41, 5.74) is 2.97. The largest absolute Gasteiger partial charge is 0.355 e. The zero-order valence-corrected chi connectivity index (χ0v) is 15.0. The van der Waals surface area contributed by atoms with E-state index in [2.05, 4.69) is 23.0 Å². The Hall–Kier alpha value is -1.50. The van der Waals surface area contributed by atoms with Crippen molar-refractivity contribution < 1.29 is 9.59 Å². The van der Waals surface area contributed by atoms with Gasteiger partial charge in [-0.25, -0.2) is 0 Å². The smallest absolute Gasteiger partial charge is 0.227 e. The van der Waals surface area contributed by atoms with Gasteiger partial charge >= 0.3 is 0 Å². The second-order valence-electron chi connectivity index (χ2n) is 6.12. The molecule has 1 aromatic heterocycles. The predicted molar refractivity (Wildman–Crippen MR) is 92.6 cm³/mol. The number of hydrogen-bond donors (Lipinski definition) is 2. The Labute approximate surface area is 143 Å². The van der Waals surface area contributed by atoms with Gasteiger partial charge in [-0.1, -0.05) is 0 Å². The van der Waals surface area contributed by atoms with E-state index in [0.717, 1.165) is 29.8 Å². The van der Waals surface area contributed by atoms with Crippen LogP contribution in [0.1, 0.15) is 29.8 Å². The van der Waals surface area contributed by atoms with E-state index in [0.29, 0.717) is 31.8 Å². The van der Waals surface area contributed by atoms with Gasteiger partial charge < -0.3 is 10.2 Å². The van der Waals surface area contributed by atoms with Crippen LogP contribution in [0.2, 0.25) is 0 Å². The summed E-state index contributed by atoms with van der Waals surface area (Å²) in [5.74, 6) is 0.872. The fourth-order valence-electron chi connectivity index (χ4n) is 3.05. The summed E-state index contributed by atoms with van der Waals surface area (Å²) in [5, 5.41) is 7.23. The van der Waals surface area contributed by atoms with E-state index in [1.807, 2.05) is 30.5 Å². The lowest BCUT2D eigenvalue weighted by atomic mass is 9.95. The molecule has 1 saturated heterocycles. The summed E-state index contributed by atoms with van der Waals surface area (Å²) < 4.78 is 1.82. The molecule has 0 bridgehead atoms. The Morgan fingerprint density at radius 1 is 1.30 bits per heavy atom. The van der Waals surface area contributed by atoms with E-state index >= 15 is 0 Å². The van der Waals surface area contributed by atoms with Crippen molar-refractivity contribution in [2.75, 3.05) is 25.4 Å². The lowest BCUT2D eigenvalue weighted by Gasteiger charge is -2.31. The van der Waals surface area contributed by atoms with E-state index < -0.39 is 0 Å². The summed E-state index contributed by atoms with van der Waals surface area (Å²) in [7, 11) is 1.89. The molecule has 0 atom stereocenters. The van der Waals surface area contributed by atoms with Gasteiger partial charge in [0.25, 0.3) is 0 Å². The molecule has 0 radical (unpaired) electrons. The van der Waals surface area contributed by atoms with Crippen LogP contribution in [0.4, 0.5) is 0 Å². The van der Waals surface area contributed by atoms with Crippen LogP contribution < -0.4 is 5.32 Å². The maximum atomic E-state index is 12.5. The highest BCUT2D eigenvalue weighted by molar-refractivity contribution is 7.80. The Bertz CT molecular complexity index is 577. The molecule has 6 nitrogen and oxygen atoms in total. The molecule has 1 fully saturated rings. The average Bonchev–Trinajstić information content (AvgIpc) is 2.79. The molecule has 2 heterocycles. The van der Waals surface area contributed by atoms with Crippen LogP contribution in [-0.2, 0) is 23.1 Å². The van der Waals surface area contributed by atoms with Gasteiger partial charge in [0, 0.05) is 49.6 Å². The van der Waals surface area contributed by atoms with Gasteiger partial charge in [-0.2, -0.15) is 17.7 Å². The third-order valence-corrected chi connectivity index (χ3v) is 4.84. The molecule has 0 saturated carbocycles. The maximum Gasteiger partial charge on any atom is 0.227 e. The highest BCUT2D eigenvalue weighted by Crippen LogP contribution is 2.20. The van der Waals surface area contributed by atoms with Crippen LogP contribution in [-0.4, -0.2) is 51.9 Å². The molecule has 0 aliphatic carbocycles. The number of amides is 2. The van der Waals surface area contributed by atoms with Crippen LogP contribution in [0.3, 0.4) is 0 Å². The first-order chi connectivity index (χ1) is 10.9. The molecule has 0 aromatic carbocycles. The Morgan fingerprint density at radius 2 is 1.96 bits per heavy atom. The lowest BCUT2D eigenvalue weighted by Crippen LogP contribution is -2.43. The van der Waals surface area contributed by atoms with Gasteiger partial charge in [0.2, 0.25) is 11.8 Å². The van der Waals surface area contributed by atoms with Crippen molar-refractivity contribution in [2.24, 2.45) is 13.0 Å². The molecule has 7 heteroatoms. The minimum atomic E-state index is 0.0146. The Balaban J connectivity index is 1.87. The van der Waals surface area contributed by atoms with Gasteiger partial charge in [-0.3, -0.25) is 14.3 Å². The number of nitrogens with zero attached hydrogens (tertiary/aromatic N) is 3. The Morgan fingerprint density at radius 3 is 2.48 bits per heavy atom. The van der Waals surface area contributed by atoms with Gasteiger partial charge in [-0.05, 0) is 26.7 Å². The van der Waals surface area contributed by atoms with Crippen LogP contribution in [0.25, 0.3) is 0 Å². The van der Waals surface area contributed by atoms with Crippen molar-refractivity contribution in [1.29, 1.82) is 0 Å². The molecule has 1 N–H and O–H groups in total. The average molecular weight is 338 g/mol. The number of piperidine rings is 1. The topological polar surface area (TPSA) is 67.2 Å². The minimum absolute atomic E-state index is 0.0146. The molecular formula is C16H26N4O2S. The van der Waals surface area contributed by atoms with E-state index in [4.69, 9.17) is 0 Å². The van der Waals surface area contributed by atoms with Crippen LogP contribution >= 0.6 is 12.6 Å². The second kappa shape index (κ2) is 7.86. The highest BCUT2D eigenvalue weighted by Gasteiger charge is 2.27. The standard InChI is InChI=1S/C16H26N4O2S/c1-11-14(12(2)19(3)18-11)10-15(21)20-7-4-13(5-8-20)16(22)17-6-9-23/h13,23H,4-10H2,1-3H3,(H,17,22). The number of rotatable bonds is 5. The molecule has 0 spiro atoms.